The van der Waals surface area contributed by atoms with Crippen molar-refractivity contribution in [3.63, 3.8) is 0 Å². The van der Waals surface area contributed by atoms with Gasteiger partial charge in [0.25, 0.3) is 0 Å². The van der Waals surface area contributed by atoms with E-state index in [1.54, 1.807) is 4.90 Å². The zero-order valence-electron chi connectivity index (χ0n) is 16.2. The van der Waals surface area contributed by atoms with Crippen molar-refractivity contribution >= 4 is 22.6 Å². The minimum atomic E-state index is -1.39. The number of likely N-dealkylation sites (tertiary alicyclic amines) is 1. The van der Waals surface area contributed by atoms with E-state index in [2.05, 4.69) is 4.90 Å². The largest absolute Gasteiger partial charge is 0.477 e. The van der Waals surface area contributed by atoms with Crippen LogP contribution in [0.4, 0.5) is 14.5 Å². The number of anilines is 1. The summed E-state index contributed by atoms with van der Waals surface area (Å²) >= 11 is 0. The van der Waals surface area contributed by atoms with Gasteiger partial charge in [-0.15, -0.1) is 0 Å². The van der Waals surface area contributed by atoms with Gasteiger partial charge in [-0.2, -0.15) is 0 Å². The number of nitrogens with zero attached hydrogens (tertiary/aromatic N) is 3. The fourth-order valence-corrected chi connectivity index (χ4v) is 5.10. The highest BCUT2D eigenvalue weighted by molar-refractivity contribution is 5.94. The highest BCUT2D eigenvalue weighted by atomic mass is 19.1. The number of hydrogen-bond donors (Lipinski definition) is 1. The molecule has 5 rings (SSSR count). The van der Waals surface area contributed by atoms with E-state index in [0.717, 1.165) is 38.3 Å². The predicted octanol–water partition coefficient (Wildman–Crippen LogP) is 2.84. The molecular weight excluding hydrogens is 380 g/mol. The third kappa shape index (κ3) is 2.84. The van der Waals surface area contributed by atoms with Gasteiger partial charge >= 0.3 is 5.97 Å². The highest BCUT2D eigenvalue weighted by Crippen LogP contribution is 2.41. The molecule has 0 spiro atoms. The number of fused-ring (bicyclic) bond motifs is 2. The van der Waals surface area contributed by atoms with Crippen LogP contribution in [0.1, 0.15) is 42.1 Å². The summed E-state index contributed by atoms with van der Waals surface area (Å²) in [5.41, 5.74) is -1.38. The second-order valence-electron chi connectivity index (χ2n) is 8.59. The Kier molecular flexibility index (Phi) is 4.17. The number of aromatic nitrogens is 1. The lowest BCUT2D eigenvalue weighted by Gasteiger charge is -2.33. The Morgan fingerprint density at radius 2 is 1.97 bits per heavy atom. The maximum atomic E-state index is 15.7. The van der Waals surface area contributed by atoms with E-state index in [1.807, 2.05) is 7.05 Å². The Balaban J connectivity index is 1.68. The molecule has 3 heterocycles. The molecule has 0 bridgehead atoms. The summed E-state index contributed by atoms with van der Waals surface area (Å²) in [6, 6.07) is 1.22. The molecule has 2 atom stereocenters. The SMILES string of the molecule is CN1CCC[C@@H]2CN(c3c(F)cc4c(=O)c(C(=O)O)cn(C5CC5)c4c3F)C[C@H]21. The van der Waals surface area contributed by atoms with Crippen LogP contribution < -0.4 is 10.3 Å². The van der Waals surface area contributed by atoms with Crippen LogP contribution in [-0.4, -0.2) is 53.3 Å². The maximum absolute atomic E-state index is 15.7. The lowest BCUT2D eigenvalue weighted by atomic mass is 9.93. The van der Waals surface area contributed by atoms with Gasteiger partial charge in [-0.05, 0) is 51.3 Å². The summed E-state index contributed by atoms with van der Waals surface area (Å²) in [7, 11) is 2.05. The summed E-state index contributed by atoms with van der Waals surface area (Å²) in [6.07, 6.45) is 4.89. The van der Waals surface area contributed by atoms with Gasteiger partial charge in [0, 0.05) is 31.4 Å². The molecule has 154 valence electrons. The van der Waals surface area contributed by atoms with Crippen molar-refractivity contribution in [3.05, 3.63) is 39.7 Å². The molecule has 6 nitrogen and oxygen atoms in total. The number of carboxylic acid groups (broad SMARTS) is 1. The van der Waals surface area contributed by atoms with Crippen LogP contribution in [0.5, 0.6) is 0 Å². The van der Waals surface area contributed by atoms with Crippen LogP contribution in [0.15, 0.2) is 17.1 Å². The van der Waals surface area contributed by atoms with Crippen LogP contribution >= 0.6 is 0 Å². The van der Waals surface area contributed by atoms with Gasteiger partial charge in [-0.1, -0.05) is 0 Å². The second-order valence-corrected chi connectivity index (χ2v) is 8.59. The van der Waals surface area contributed by atoms with Crippen molar-refractivity contribution in [1.82, 2.24) is 9.47 Å². The first-order valence-corrected chi connectivity index (χ1v) is 10.1. The second kappa shape index (κ2) is 6.52. The Labute approximate surface area is 166 Å². The fraction of sp³-hybridized carbons (Fsp3) is 0.524. The maximum Gasteiger partial charge on any atom is 0.341 e. The van der Waals surface area contributed by atoms with Crippen molar-refractivity contribution in [1.29, 1.82) is 0 Å². The molecule has 2 saturated heterocycles. The fourth-order valence-electron chi connectivity index (χ4n) is 5.10. The van der Waals surface area contributed by atoms with E-state index < -0.39 is 28.6 Å². The van der Waals surface area contributed by atoms with Crippen LogP contribution in [-0.2, 0) is 0 Å². The standard InChI is InChI=1S/C21H23F2N3O3/c1-24-6-2-3-11-8-25(10-16(11)24)19-15(22)7-13-18(17(19)23)26(12-4-5-12)9-14(20(13)27)21(28)29/h7,9,11-12,16H,2-6,8,10H2,1H3,(H,28,29)/t11-,16-/m1/s1. The first-order chi connectivity index (χ1) is 13.9. The average Bonchev–Trinajstić information content (AvgIpc) is 3.42. The molecule has 1 aromatic heterocycles. The number of carbonyl (C=O) groups is 1. The lowest BCUT2D eigenvalue weighted by molar-refractivity contribution is 0.0695. The molecular formula is C21H23F2N3O3. The van der Waals surface area contributed by atoms with Gasteiger partial charge in [0.2, 0.25) is 5.43 Å². The molecule has 2 aromatic rings. The average molecular weight is 403 g/mol. The summed E-state index contributed by atoms with van der Waals surface area (Å²) in [6.45, 7) is 2.10. The molecule has 0 amide bonds. The molecule has 2 aliphatic heterocycles. The van der Waals surface area contributed by atoms with E-state index in [4.69, 9.17) is 0 Å². The first-order valence-electron chi connectivity index (χ1n) is 10.1. The number of likely N-dealkylation sites (N-methyl/N-ethyl adjacent to an activating group) is 1. The number of piperidine rings is 1. The minimum Gasteiger partial charge on any atom is -0.477 e. The van der Waals surface area contributed by atoms with Crippen molar-refractivity contribution in [2.75, 3.05) is 31.6 Å². The van der Waals surface area contributed by atoms with Crippen LogP contribution in [0, 0.1) is 17.6 Å². The number of halogens is 2. The Morgan fingerprint density at radius 1 is 1.21 bits per heavy atom. The molecule has 1 saturated carbocycles. The number of rotatable bonds is 3. The quantitative estimate of drug-likeness (QED) is 0.854. The lowest BCUT2D eigenvalue weighted by Crippen LogP contribution is -2.42. The monoisotopic (exact) mass is 403 g/mol. The number of benzene rings is 1. The van der Waals surface area contributed by atoms with E-state index in [1.165, 1.54) is 10.8 Å². The summed E-state index contributed by atoms with van der Waals surface area (Å²) < 4.78 is 32.3. The normalized spacial score (nSPS) is 24.9. The number of hydrogen-bond acceptors (Lipinski definition) is 4. The smallest absolute Gasteiger partial charge is 0.341 e. The van der Waals surface area contributed by atoms with Gasteiger partial charge in [0.15, 0.2) is 5.82 Å². The Hall–Kier alpha value is -2.48. The zero-order chi connectivity index (χ0) is 20.4. The van der Waals surface area contributed by atoms with Gasteiger partial charge in [0.1, 0.15) is 17.1 Å². The van der Waals surface area contributed by atoms with Crippen LogP contribution in [0.3, 0.4) is 0 Å². The van der Waals surface area contributed by atoms with Gasteiger partial charge < -0.3 is 19.5 Å². The number of carboxylic acids is 1. The Bertz CT molecular complexity index is 1080. The summed E-state index contributed by atoms with van der Waals surface area (Å²) in [5, 5.41) is 9.14. The van der Waals surface area contributed by atoms with E-state index in [9.17, 15) is 14.7 Å². The number of pyridine rings is 1. The van der Waals surface area contributed by atoms with Crippen LogP contribution in [0.2, 0.25) is 0 Å². The van der Waals surface area contributed by atoms with E-state index >= 15 is 8.78 Å². The molecule has 8 heteroatoms. The van der Waals surface area contributed by atoms with Gasteiger partial charge in [-0.25, -0.2) is 13.6 Å². The third-order valence-corrected chi connectivity index (χ3v) is 6.73. The molecule has 3 aliphatic rings. The van der Waals surface area contributed by atoms with Gasteiger partial charge in [-0.3, -0.25) is 4.79 Å². The van der Waals surface area contributed by atoms with Gasteiger partial charge in [0.05, 0.1) is 10.9 Å². The molecule has 3 fully saturated rings. The van der Waals surface area contributed by atoms with E-state index in [0.29, 0.717) is 19.0 Å². The van der Waals surface area contributed by atoms with E-state index in [-0.39, 0.29) is 28.7 Å². The van der Waals surface area contributed by atoms with Crippen molar-refractivity contribution in [3.8, 4) is 0 Å². The molecule has 0 radical (unpaired) electrons. The molecule has 29 heavy (non-hydrogen) atoms. The third-order valence-electron chi connectivity index (χ3n) is 6.73. The zero-order valence-corrected chi connectivity index (χ0v) is 16.2. The van der Waals surface area contributed by atoms with Crippen molar-refractivity contribution < 1.29 is 18.7 Å². The van der Waals surface area contributed by atoms with Crippen molar-refractivity contribution in [2.45, 2.75) is 37.8 Å². The first kappa shape index (κ1) is 18.5. The Morgan fingerprint density at radius 3 is 2.62 bits per heavy atom. The highest BCUT2D eigenvalue weighted by Gasteiger charge is 2.40. The molecule has 1 aliphatic carbocycles. The molecule has 1 N–H and O–H groups in total. The minimum absolute atomic E-state index is 0.0159. The number of aromatic carboxylic acids is 1. The molecule has 1 aromatic carbocycles. The predicted molar refractivity (Wildman–Crippen MR) is 105 cm³/mol. The molecule has 0 unspecified atom stereocenters. The van der Waals surface area contributed by atoms with Crippen molar-refractivity contribution in [2.24, 2.45) is 5.92 Å². The summed E-state index contributed by atoms with van der Waals surface area (Å²) in [5.74, 6) is -2.59. The van der Waals surface area contributed by atoms with Crippen LogP contribution in [0.25, 0.3) is 10.9 Å². The topological polar surface area (TPSA) is 65.8 Å². The summed E-state index contributed by atoms with van der Waals surface area (Å²) in [4.78, 5) is 28.1.